The fraction of sp³-hybridized carbons (Fsp3) is 1.00. The van der Waals surface area contributed by atoms with E-state index in [0.29, 0.717) is 19.0 Å². The van der Waals surface area contributed by atoms with Crippen LogP contribution in [0.5, 0.6) is 0 Å². The average Bonchev–Trinajstić information content (AvgIpc) is 2.29. The van der Waals surface area contributed by atoms with Crippen LogP contribution in [0.15, 0.2) is 0 Å². The van der Waals surface area contributed by atoms with Gasteiger partial charge < -0.3 is 5.32 Å². The molecule has 1 unspecified atom stereocenters. The van der Waals surface area contributed by atoms with Gasteiger partial charge in [0.1, 0.15) is 0 Å². The van der Waals surface area contributed by atoms with Crippen LogP contribution in [0.2, 0.25) is 0 Å². The van der Waals surface area contributed by atoms with Gasteiger partial charge in [-0.3, -0.25) is 0 Å². The van der Waals surface area contributed by atoms with Crippen LogP contribution in [0.4, 0.5) is 0 Å². The van der Waals surface area contributed by atoms with Gasteiger partial charge in [-0.2, -0.15) is 17.0 Å². The maximum absolute atomic E-state index is 11.8. The van der Waals surface area contributed by atoms with Gasteiger partial charge >= 0.3 is 0 Å². The summed E-state index contributed by atoms with van der Waals surface area (Å²) in [7, 11) is -0.0940. The molecule has 0 aliphatic carbocycles. The van der Waals surface area contributed by atoms with Crippen LogP contribution < -0.4 is 5.32 Å². The highest BCUT2D eigenvalue weighted by molar-refractivity contribution is 7.86. The maximum Gasteiger partial charge on any atom is 0.281 e. The minimum absolute atomic E-state index is 0.368. The summed E-state index contributed by atoms with van der Waals surface area (Å²) < 4.78 is 26.4. The van der Waals surface area contributed by atoms with Gasteiger partial charge in [0, 0.05) is 33.7 Å². The summed E-state index contributed by atoms with van der Waals surface area (Å²) >= 11 is 0. The van der Waals surface area contributed by atoms with E-state index < -0.39 is 10.2 Å². The van der Waals surface area contributed by atoms with Gasteiger partial charge in [0.15, 0.2) is 0 Å². The molecule has 1 fully saturated rings. The normalized spacial score (nSPS) is 26.4. The third-order valence-electron chi connectivity index (χ3n) is 2.33. The first-order chi connectivity index (χ1) is 6.44. The molecule has 0 saturated carbocycles. The van der Waals surface area contributed by atoms with E-state index in [1.54, 1.807) is 14.1 Å². The maximum atomic E-state index is 11.8. The van der Waals surface area contributed by atoms with E-state index in [4.69, 9.17) is 0 Å². The van der Waals surface area contributed by atoms with Gasteiger partial charge in [-0.25, -0.2) is 0 Å². The van der Waals surface area contributed by atoms with Gasteiger partial charge in [0.2, 0.25) is 0 Å². The Kier molecular flexibility index (Phi) is 3.88. The molecule has 0 aromatic rings. The minimum Gasteiger partial charge on any atom is -0.315 e. The summed E-state index contributed by atoms with van der Waals surface area (Å²) in [5.74, 6) is 0.368. The van der Waals surface area contributed by atoms with E-state index in [1.165, 1.54) is 8.61 Å². The number of rotatable bonds is 2. The molecule has 14 heavy (non-hydrogen) atoms. The first-order valence-corrected chi connectivity index (χ1v) is 6.22. The zero-order valence-corrected chi connectivity index (χ0v) is 9.84. The fourth-order valence-corrected chi connectivity index (χ4v) is 2.72. The third kappa shape index (κ3) is 2.66. The first-order valence-electron chi connectivity index (χ1n) is 4.83. The van der Waals surface area contributed by atoms with Crippen molar-refractivity contribution < 1.29 is 8.42 Å². The second kappa shape index (κ2) is 4.57. The van der Waals surface area contributed by atoms with E-state index in [0.717, 1.165) is 13.1 Å². The van der Waals surface area contributed by atoms with Crippen LogP contribution in [-0.2, 0) is 10.2 Å². The molecule has 1 N–H and O–H groups in total. The fourth-order valence-electron chi connectivity index (χ4n) is 1.50. The monoisotopic (exact) mass is 221 g/mol. The van der Waals surface area contributed by atoms with Gasteiger partial charge in [-0.1, -0.05) is 6.92 Å². The summed E-state index contributed by atoms with van der Waals surface area (Å²) in [6.07, 6.45) is 0. The lowest BCUT2D eigenvalue weighted by Gasteiger charge is -2.24. The molecule has 1 aliphatic heterocycles. The molecule has 0 aromatic carbocycles. The average molecular weight is 221 g/mol. The van der Waals surface area contributed by atoms with Crippen molar-refractivity contribution in [3.05, 3.63) is 0 Å². The lowest BCUT2D eigenvalue weighted by Crippen LogP contribution is -2.42. The van der Waals surface area contributed by atoms with Crippen LogP contribution >= 0.6 is 0 Å². The van der Waals surface area contributed by atoms with Gasteiger partial charge in [-0.15, -0.1) is 0 Å². The van der Waals surface area contributed by atoms with Crippen molar-refractivity contribution in [1.82, 2.24) is 13.9 Å². The molecule has 1 saturated heterocycles. The van der Waals surface area contributed by atoms with Crippen LogP contribution in [0.25, 0.3) is 0 Å². The second-order valence-corrected chi connectivity index (χ2v) is 6.10. The number of hydrogen-bond acceptors (Lipinski definition) is 3. The summed E-state index contributed by atoms with van der Waals surface area (Å²) in [5.41, 5.74) is 0. The number of nitrogens with one attached hydrogen (secondary N) is 1. The molecule has 1 aliphatic rings. The zero-order chi connectivity index (χ0) is 10.8. The van der Waals surface area contributed by atoms with E-state index >= 15 is 0 Å². The van der Waals surface area contributed by atoms with E-state index in [9.17, 15) is 8.42 Å². The molecule has 0 spiro atoms. The van der Waals surface area contributed by atoms with Gasteiger partial charge in [0.25, 0.3) is 10.2 Å². The van der Waals surface area contributed by atoms with Crippen LogP contribution in [0.3, 0.4) is 0 Å². The number of hydrogen-bond donors (Lipinski definition) is 1. The highest BCUT2D eigenvalue weighted by atomic mass is 32.2. The smallest absolute Gasteiger partial charge is 0.281 e. The topological polar surface area (TPSA) is 52.7 Å². The molecule has 1 rings (SSSR count). The van der Waals surface area contributed by atoms with E-state index in [-0.39, 0.29) is 0 Å². The molecule has 0 amide bonds. The van der Waals surface area contributed by atoms with Gasteiger partial charge in [-0.05, 0) is 12.5 Å². The van der Waals surface area contributed by atoms with Crippen molar-refractivity contribution in [2.75, 3.05) is 40.3 Å². The summed E-state index contributed by atoms with van der Waals surface area (Å²) in [6.45, 7) is 4.84. The Labute approximate surface area is 86.3 Å². The summed E-state index contributed by atoms with van der Waals surface area (Å²) in [4.78, 5) is 0. The largest absolute Gasteiger partial charge is 0.315 e. The van der Waals surface area contributed by atoms with Gasteiger partial charge in [0.05, 0.1) is 0 Å². The molecule has 6 heteroatoms. The van der Waals surface area contributed by atoms with E-state index in [1.807, 2.05) is 0 Å². The molecule has 84 valence electrons. The van der Waals surface area contributed by atoms with Crippen molar-refractivity contribution in [1.29, 1.82) is 0 Å². The SMILES string of the molecule is CC1CNCCN(S(=O)(=O)N(C)C)C1. The Morgan fingerprint density at radius 2 is 2.07 bits per heavy atom. The summed E-state index contributed by atoms with van der Waals surface area (Å²) in [5, 5.41) is 3.21. The molecule has 1 atom stereocenters. The van der Waals surface area contributed by atoms with Crippen molar-refractivity contribution in [2.45, 2.75) is 6.92 Å². The quantitative estimate of drug-likeness (QED) is 0.673. The van der Waals surface area contributed by atoms with Crippen molar-refractivity contribution in [2.24, 2.45) is 5.92 Å². The predicted molar refractivity (Wildman–Crippen MR) is 56.2 cm³/mol. The Bertz CT molecular complexity index is 276. The zero-order valence-electron chi connectivity index (χ0n) is 9.02. The first kappa shape index (κ1) is 11.9. The molecule has 1 heterocycles. The second-order valence-electron chi connectivity index (χ2n) is 3.96. The Morgan fingerprint density at radius 3 is 2.64 bits per heavy atom. The predicted octanol–water partition coefficient (Wildman–Crippen LogP) is -0.666. The lowest BCUT2D eigenvalue weighted by atomic mass is 10.2. The standard InChI is InChI=1S/C8H19N3O2S/c1-8-6-9-4-5-11(7-8)14(12,13)10(2)3/h8-9H,4-7H2,1-3H3. The highest BCUT2D eigenvalue weighted by Crippen LogP contribution is 2.09. The minimum atomic E-state index is -3.23. The molecule has 0 radical (unpaired) electrons. The van der Waals surface area contributed by atoms with Crippen LogP contribution in [-0.4, -0.2) is 57.3 Å². The highest BCUT2D eigenvalue weighted by Gasteiger charge is 2.27. The molecule has 5 nitrogen and oxygen atoms in total. The summed E-state index contributed by atoms with van der Waals surface area (Å²) in [6, 6.07) is 0. The number of nitrogens with zero attached hydrogens (tertiary/aromatic N) is 2. The van der Waals surface area contributed by atoms with Crippen molar-refractivity contribution >= 4 is 10.2 Å². The van der Waals surface area contributed by atoms with Crippen LogP contribution in [0, 0.1) is 5.92 Å². The Morgan fingerprint density at radius 1 is 1.43 bits per heavy atom. The van der Waals surface area contributed by atoms with E-state index in [2.05, 4.69) is 12.2 Å². The Balaban J connectivity index is 2.75. The Hall–Kier alpha value is -0.170. The molecule has 0 bridgehead atoms. The lowest BCUT2D eigenvalue weighted by molar-refractivity contribution is 0.361. The van der Waals surface area contributed by atoms with Crippen LogP contribution in [0.1, 0.15) is 6.92 Å². The molecular weight excluding hydrogens is 202 g/mol. The molecule has 0 aromatic heterocycles. The van der Waals surface area contributed by atoms with Crippen molar-refractivity contribution in [3.8, 4) is 0 Å². The molecular formula is C8H19N3O2S. The third-order valence-corrected chi connectivity index (χ3v) is 4.24. The van der Waals surface area contributed by atoms with Crippen molar-refractivity contribution in [3.63, 3.8) is 0 Å².